The standard InChI is InChI=1S/C24H30O5/c1-16(12-22(26)29-6)10-11-24(27)17(2)20(21(25)15-23(24,3)4)14-18-8-7-9-19(13-18)28-5/h7-13,27H,14-15H2,1-6H3/t24-/m1/s1. The van der Waals surface area contributed by atoms with Gasteiger partial charge in [-0.2, -0.15) is 0 Å². The molecule has 5 heteroatoms. The van der Waals surface area contributed by atoms with E-state index in [9.17, 15) is 14.7 Å². The number of hydrogen-bond donors (Lipinski definition) is 1. The number of ether oxygens (including phenoxy) is 2. The van der Waals surface area contributed by atoms with Crippen molar-refractivity contribution in [2.75, 3.05) is 14.2 Å². The lowest BCUT2D eigenvalue weighted by Crippen LogP contribution is -2.49. The summed E-state index contributed by atoms with van der Waals surface area (Å²) in [6.07, 6.45) is 5.38. The van der Waals surface area contributed by atoms with Crippen LogP contribution in [0.2, 0.25) is 0 Å². The molecule has 0 aliphatic heterocycles. The van der Waals surface area contributed by atoms with Gasteiger partial charge < -0.3 is 14.6 Å². The molecule has 29 heavy (non-hydrogen) atoms. The van der Waals surface area contributed by atoms with E-state index < -0.39 is 17.0 Å². The van der Waals surface area contributed by atoms with Gasteiger partial charge in [0, 0.05) is 29.9 Å². The number of methoxy groups -OCH3 is 2. The number of allylic oxidation sites excluding steroid dienone is 3. The van der Waals surface area contributed by atoms with Gasteiger partial charge in [0.1, 0.15) is 11.4 Å². The Bertz CT molecular complexity index is 888. The number of carbonyl (C=O) groups is 2. The first-order valence-electron chi connectivity index (χ1n) is 9.58. The zero-order chi connectivity index (χ0) is 21.8. The molecule has 1 aromatic carbocycles. The Morgan fingerprint density at radius 2 is 1.97 bits per heavy atom. The summed E-state index contributed by atoms with van der Waals surface area (Å²) in [7, 11) is 2.92. The summed E-state index contributed by atoms with van der Waals surface area (Å²) >= 11 is 0. The van der Waals surface area contributed by atoms with E-state index >= 15 is 0 Å². The summed E-state index contributed by atoms with van der Waals surface area (Å²) in [6.45, 7) is 7.31. The van der Waals surface area contributed by atoms with Crippen molar-refractivity contribution in [3.8, 4) is 5.75 Å². The average Bonchev–Trinajstić information content (AvgIpc) is 2.68. The minimum absolute atomic E-state index is 0.0372. The van der Waals surface area contributed by atoms with Gasteiger partial charge in [-0.1, -0.05) is 32.1 Å². The molecule has 0 unspecified atom stereocenters. The van der Waals surface area contributed by atoms with Crippen LogP contribution in [0.1, 0.15) is 39.7 Å². The van der Waals surface area contributed by atoms with Crippen molar-refractivity contribution in [1.82, 2.24) is 0 Å². The van der Waals surface area contributed by atoms with E-state index in [0.717, 1.165) is 11.3 Å². The molecule has 0 saturated heterocycles. The Labute approximate surface area is 172 Å². The van der Waals surface area contributed by atoms with Crippen molar-refractivity contribution in [2.45, 2.75) is 46.1 Å². The molecular weight excluding hydrogens is 368 g/mol. The first-order valence-corrected chi connectivity index (χ1v) is 9.58. The van der Waals surface area contributed by atoms with E-state index in [0.29, 0.717) is 23.1 Å². The Morgan fingerprint density at radius 1 is 1.28 bits per heavy atom. The second-order valence-corrected chi connectivity index (χ2v) is 8.13. The first kappa shape index (κ1) is 22.6. The summed E-state index contributed by atoms with van der Waals surface area (Å²) < 4.78 is 9.91. The van der Waals surface area contributed by atoms with Crippen LogP contribution >= 0.6 is 0 Å². The van der Waals surface area contributed by atoms with Crippen LogP contribution in [-0.4, -0.2) is 36.7 Å². The molecule has 1 aliphatic rings. The molecule has 0 fully saturated rings. The summed E-state index contributed by atoms with van der Waals surface area (Å²) in [4.78, 5) is 24.3. The zero-order valence-corrected chi connectivity index (χ0v) is 18.0. The summed E-state index contributed by atoms with van der Waals surface area (Å²) in [5.41, 5.74) is 0.831. The molecule has 1 N–H and O–H groups in total. The maximum atomic E-state index is 12.9. The van der Waals surface area contributed by atoms with Crippen LogP contribution in [0.25, 0.3) is 0 Å². The number of Topliss-reactive ketones (excluding diaryl/α,β-unsaturated/α-hetero) is 1. The third-order valence-corrected chi connectivity index (χ3v) is 5.64. The van der Waals surface area contributed by atoms with Crippen LogP contribution in [0.15, 0.2) is 59.2 Å². The molecule has 0 bridgehead atoms. The largest absolute Gasteiger partial charge is 0.497 e. The molecular formula is C24H30O5. The minimum atomic E-state index is -1.32. The van der Waals surface area contributed by atoms with Crippen LogP contribution in [0.5, 0.6) is 5.75 Å². The van der Waals surface area contributed by atoms with Crippen LogP contribution in [0.3, 0.4) is 0 Å². The van der Waals surface area contributed by atoms with Crippen molar-refractivity contribution in [1.29, 1.82) is 0 Å². The highest BCUT2D eigenvalue weighted by Gasteiger charge is 2.49. The average molecular weight is 398 g/mol. The van der Waals surface area contributed by atoms with Crippen LogP contribution < -0.4 is 4.74 Å². The fourth-order valence-corrected chi connectivity index (χ4v) is 3.70. The van der Waals surface area contributed by atoms with Gasteiger partial charge in [0.05, 0.1) is 14.2 Å². The Kier molecular flexibility index (Phi) is 6.85. The Balaban J connectivity index is 2.47. The number of esters is 1. The second-order valence-electron chi connectivity index (χ2n) is 8.13. The lowest BCUT2D eigenvalue weighted by molar-refractivity contribution is -0.134. The van der Waals surface area contributed by atoms with E-state index in [1.165, 1.54) is 13.2 Å². The summed E-state index contributed by atoms with van der Waals surface area (Å²) in [5, 5.41) is 11.6. The van der Waals surface area contributed by atoms with E-state index in [1.807, 2.05) is 38.1 Å². The predicted molar refractivity (Wildman–Crippen MR) is 113 cm³/mol. The number of benzene rings is 1. The number of hydrogen-bond acceptors (Lipinski definition) is 5. The maximum absolute atomic E-state index is 12.9. The molecule has 2 rings (SSSR count). The fourth-order valence-electron chi connectivity index (χ4n) is 3.70. The predicted octanol–water partition coefficient (Wildman–Crippen LogP) is 3.96. The quantitative estimate of drug-likeness (QED) is 0.446. The van der Waals surface area contributed by atoms with Crippen molar-refractivity contribution in [2.24, 2.45) is 5.41 Å². The normalized spacial score (nSPS) is 22.2. The van der Waals surface area contributed by atoms with Crippen molar-refractivity contribution >= 4 is 11.8 Å². The molecule has 156 valence electrons. The van der Waals surface area contributed by atoms with Gasteiger partial charge in [-0.05, 0) is 48.8 Å². The van der Waals surface area contributed by atoms with E-state index in [1.54, 1.807) is 33.1 Å². The highest BCUT2D eigenvalue weighted by Crippen LogP contribution is 2.47. The van der Waals surface area contributed by atoms with E-state index in [2.05, 4.69) is 4.74 Å². The molecule has 0 aromatic heterocycles. The topological polar surface area (TPSA) is 72.8 Å². The van der Waals surface area contributed by atoms with E-state index in [4.69, 9.17) is 4.74 Å². The van der Waals surface area contributed by atoms with Gasteiger partial charge >= 0.3 is 5.97 Å². The van der Waals surface area contributed by atoms with Gasteiger partial charge in [0.15, 0.2) is 5.78 Å². The van der Waals surface area contributed by atoms with Crippen molar-refractivity contribution in [3.63, 3.8) is 0 Å². The van der Waals surface area contributed by atoms with E-state index in [-0.39, 0.29) is 12.2 Å². The van der Waals surface area contributed by atoms with Gasteiger partial charge in [-0.25, -0.2) is 4.79 Å². The highest BCUT2D eigenvalue weighted by molar-refractivity contribution is 5.98. The van der Waals surface area contributed by atoms with Crippen molar-refractivity contribution in [3.05, 3.63) is 64.8 Å². The molecule has 0 saturated carbocycles. The third-order valence-electron chi connectivity index (χ3n) is 5.64. The zero-order valence-electron chi connectivity index (χ0n) is 18.0. The molecule has 0 radical (unpaired) electrons. The number of aliphatic hydroxyl groups is 1. The number of carbonyl (C=O) groups excluding carboxylic acids is 2. The Morgan fingerprint density at radius 3 is 2.59 bits per heavy atom. The molecule has 1 aliphatic carbocycles. The summed E-state index contributed by atoms with van der Waals surface area (Å²) in [6, 6.07) is 7.57. The third kappa shape index (κ3) is 4.85. The fraction of sp³-hybridized carbons (Fsp3) is 0.417. The lowest BCUT2D eigenvalue weighted by atomic mass is 9.62. The SMILES string of the molecule is COC(=O)C=C(C)C=C[C@@]1(O)C(C)=C(Cc2cccc(OC)c2)C(=O)CC1(C)C. The maximum Gasteiger partial charge on any atom is 0.330 e. The second kappa shape index (κ2) is 8.78. The number of rotatable bonds is 6. The molecule has 0 spiro atoms. The van der Waals surface area contributed by atoms with Crippen molar-refractivity contribution < 1.29 is 24.2 Å². The van der Waals surface area contributed by atoms with Gasteiger partial charge in [0.2, 0.25) is 0 Å². The molecule has 5 nitrogen and oxygen atoms in total. The monoisotopic (exact) mass is 398 g/mol. The molecule has 0 amide bonds. The van der Waals surface area contributed by atoms with Gasteiger partial charge in [-0.15, -0.1) is 0 Å². The van der Waals surface area contributed by atoms with Gasteiger partial charge in [-0.3, -0.25) is 4.79 Å². The number of ketones is 1. The van der Waals surface area contributed by atoms with Crippen LogP contribution in [-0.2, 0) is 20.7 Å². The first-order chi connectivity index (χ1) is 13.5. The summed E-state index contributed by atoms with van der Waals surface area (Å²) in [5.74, 6) is 0.307. The smallest absolute Gasteiger partial charge is 0.330 e. The molecule has 1 atom stereocenters. The van der Waals surface area contributed by atoms with Gasteiger partial charge in [0.25, 0.3) is 0 Å². The van der Waals surface area contributed by atoms with Crippen LogP contribution in [0.4, 0.5) is 0 Å². The molecule has 0 heterocycles. The Hall–Kier alpha value is -2.66. The lowest BCUT2D eigenvalue weighted by Gasteiger charge is -2.46. The highest BCUT2D eigenvalue weighted by atomic mass is 16.5. The van der Waals surface area contributed by atoms with Crippen LogP contribution in [0, 0.1) is 5.41 Å². The minimum Gasteiger partial charge on any atom is -0.497 e. The molecule has 1 aromatic rings.